The highest BCUT2D eigenvalue weighted by atomic mass is 32.2. The molecule has 0 aliphatic carbocycles. The molecule has 2 aromatic carbocycles. The molecule has 4 nitrogen and oxygen atoms in total. The number of aromatic hydroxyl groups is 2. The van der Waals surface area contributed by atoms with Crippen LogP contribution in [0.2, 0.25) is 0 Å². The second-order valence-electron chi connectivity index (χ2n) is 5.68. The number of hydrogen-bond donors (Lipinski definition) is 2. The summed E-state index contributed by atoms with van der Waals surface area (Å²) in [5.74, 6) is -0.306. The number of phenolic OH excluding ortho intramolecular Hbond substituents is 2. The average molecular weight is 320 g/mol. The van der Waals surface area contributed by atoms with Crippen molar-refractivity contribution in [1.29, 1.82) is 0 Å². The Kier molecular flexibility index (Phi) is 3.96. The molecule has 0 aromatic heterocycles. The van der Waals surface area contributed by atoms with Crippen molar-refractivity contribution in [2.75, 3.05) is 0 Å². The second-order valence-corrected chi connectivity index (χ2v) is 7.60. The van der Waals surface area contributed by atoms with Gasteiger partial charge in [0.05, 0.1) is 4.90 Å². The molecule has 0 saturated heterocycles. The van der Waals surface area contributed by atoms with Gasteiger partial charge in [-0.05, 0) is 80.6 Å². The Balaban J connectivity index is 2.77. The summed E-state index contributed by atoms with van der Waals surface area (Å²) in [7, 11) is -3.90. The van der Waals surface area contributed by atoms with E-state index in [1.165, 1.54) is 18.2 Å². The summed E-state index contributed by atoms with van der Waals surface area (Å²) in [6, 6.07) is 4.20. The highest BCUT2D eigenvalue weighted by Gasteiger charge is 2.25. The van der Waals surface area contributed by atoms with Crippen LogP contribution >= 0.6 is 0 Å². The zero-order valence-corrected chi connectivity index (χ0v) is 14.2. The fourth-order valence-corrected chi connectivity index (χ4v) is 3.92. The molecule has 0 aliphatic heterocycles. The molecule has 0 radical (unpaired) electrons. The molecule has 0 spiro atoms. The number of rotatable bonds is 2. The van der Waals surface area contributed by atoms with Crippen LogP contribution < -0.4 is 0 Å². The lowest BCUT2D eigenvalue weighted by molar-refractivity contribution is 0.453. The Morgan fingerprint density at radius 2 is 1.32 bits per heavy atom. The standard InChI is InChI=1S/C17H20O4S/c1-9-6-14(8-15(18)12(9)4)22(20,21)16-7-10(2)11(3)13(5)17(16)19/h6-8,18-19H,1-5H3. The minimum absolute atomic E-state index is 0.0222. The maximum atomic E-state index is 12.8. The SMILES string of the molecule is Cc1cc(S(=O)(=O)c2cc(C)c(C)c(C)c2O)cc(O)c1C. The molecule has 0 atom stereocenters. The number of sulfone groups is 1. The van der Waals surface area contributed by atoms with E-state index >= 15 is 0 Å². The van der Waals surface area contributed by atoms with E-state index in [2.05, 4.69) is 0 Å². The van der Waals surface area contributed by atoms with Gasteiger partial charge in [-0.3, -0.25) is 0 Å². The molecule has 22 heavy (non-hydrogen) atoms. The zero-order valence-electron chi connectivity index (χ0n) is 13.4. The molecule has 2 N–H and O–H groups in total. The van der Waals surface area contributed by atoms with Crippen LogP contribution in [0.4, 0.5) is 0 Å². The topological polar surface area (TPSA) is 74.6 Å². The molecule has 2 aromatic rings. The van der Waals surface area contributed by atoms with E-state index in [0.29, 0.717) is 16.7 Å². The minimum Gasteiger partial charge on any atom is -0.508 e. The van der Waals surface area contributed by atoms with Gasteiger partial charge in [0, 0.05) is 0 Å². The molecule has 0 saturated carbocycles. The molecule has 0 unspecified atom stereocenters. The summed E-state index contributed by atoms with van der Waals surface area (Å²) in [5, 5.41) is 20.1. The molecule has 0 fully saturated rings. The van der Waals surface area contributed by atoms with Crippen LogP contribution in [0.5, 0.6) is 11.5 Å². The van der Waals surface area contributed by atoms with Gasteiger partial charge in [0.15, 0.2) is 0 Å². The molecular weight excluding hydrogens is 300 g/mol. The van der Waals surface area contributed by atoms with Gasteiger partial charge >= 0.3 is 0 Å². The maximum absolute atomic E-state index is 12.8. The molecule has 0 bridgehead atoms. The van der Waals surface area contributed by atoms with Crippen LogP contribution in [-0.2, 0) is 9.84 Å². The number of aryl methyl sites for hydroxylation is 2. The van der Waals surface area contributed by atoms with Crippen molar-refractivity contribution in [3.05, 3.63) is 46.0 Å². The van der Waals surface area contributed by atoms with Gasteiger partial charge in [-0.2, -0.15) is 0 Å². The summed E-state index contributed by atoms with van der Waals surface area (Å²) in [5.41, 5.74) is 3.52. The van der Waals surface area contributed by atoms with Crippen molar-refractivity contribution < 1.29 is 18.6 Å². The quantitative estimate of drug-likeness (QED) is 0.888. The van der Waals surface area contributed by atoms with Crippen molar-refractivity contribution in [3.8, 4) is 11.5 Å². The van der Waals surface area contributed by atoms with E-state index in [4.69, 9.17) is 0 Å². The molecule has 2 rings (SSSR count). The smallest absolute Gasteiger partial charge is 0.210 e. The Hall–Kier alpha value is -2.01. The van der Waals surface area contributed by atoms with Crippen LogP contribution in [-0.4, -0.2) is 18.6 Å². The van der Waals surface area contributed by atoms with Gasteiger partial charge in [-0.25, -0.2) is 8.42 Å². The number of benzene rings is 2. The van der Waals surface area contributed by atoms with Crippen LogP contribution in [0, 0.1) is 34.6 Å². The van der Waals surface area contributed by atoms with E-state index in [0.717, 1.165) is 11.1 Å². The predicted molar refractivity (Wildman–Crippen MR) is 85.4 cm³/mol. The van der Waals surface area contributed by atoms with E-state index in [1.807, 2.05) is 6.92 Å². The van der Waals surface area contributed by atoms with Crippen LogP contribution in [0.15, 0.2) is 28.0 Å². The highest BCUT2D eigenvalue weighted by Crippen LogP contribution is 2.36. The van der Waals surface area contributed by atoms with Crippen LogP contribution in [0.25, 0.3) is 0 Å². The Bertz CT molecular complexity index is 842. The van der Waals surface area contributed by atoms with Crippen molar-refractivity contribution >= 4 is 9.84 Å². The van der Waals surface area contributed by atoms with Gasteiger partial charge in [0.2, 0.25) is 9.84 Å². The van der Waals surface area contributed by atoms with Crippen LogP contribution in [0.1, 0.15) is 27.8 Å². The van der Waals surface area contributed by atoms with Crippen molar-refractivity contribution in [2.45, 2.75) is 44.4 Å². The molecule has 118 valence electrons. The van der Waals surface area contributed by atoms with Gasteiger partial charge < -0.3 is 10.2 Å². The van der Waals surface area contributed by atoms with Crippen molar-refractivity contribution in [3.63, 3.8) is 0 Å². The molecule has 0 amide bonds. The largest absolute Gasteiger partial charge is 0.508 e. The van der Waals surface area contributed by atoms with Gasteiger partial charge in [-0.1, -0.05) is 0 Å². The third-order valence-electron chi connectivity index (χ3n) is 4.30. The third kappa shape index (κ3) is 2.46. The lowest BCUT2D eigenvalue weighted by Crippen LogP contribution is -2.05. The summed E-state index contributed by atoms with van der Waals surface area (Å²) in [6.07, 6.45) is 0. The molecule has 0 heterocycles. The first kappa shape index (κ1) is 16.4. The number of phenols is 2. The first-order chi connectivity index (χ1) is 10.1. The second kappa shape index (κ2) is 5.32. The van der Waals surface area contributed by atoms with Crippen LogP contribution in [0.3, 0.4) is 0 Å². The molecule has 0 aliphatic rings. The van der Waals surface area contributed by atoms with Crippen molar-refractivity contribution in [1.82, 2.24) is 0 Å². The average Bonchev–Trinajstić information content (AvgIpc) is 2.45. The van der Waals surface area contributed by atoms with E-state index < -0.39 is 9.84 Å². The third-order valence-corrected chi connectivity index (χ3v) is 6.05. The first-order valence-corrected chi connectivity index (χ1v) is 8.40. The van der Waals surface area contributed by atoms with Gasteiger partial charge in [-0.15, -0.1) is 0 Å². The summed E-state index contributed by atoms with van der Waals surface area (Å²) >= 11 is 0. The monoisotopic (exact) mass is 320 g/mol. The molecular formula is C17H20O4S. The first-order valence-electron chi connectivity index (χ1n) is 6.92. The predicted octanol–water partition coefficient (Wildman–Crippen LogP) is 3.47. The Morgan fingerprint density at radius 1 is 0.773 bits per heavy atom. The lowest BCUT2D eigenvalue weighted by Gasteiger charge is -2.14. The fraction of sp³-hybridized carbons (Fsp3) is 0.294. The molecule has 5 heteroatoms. The maximum Gasteiger partial charge on any atom is 0.210 e. The van der Waals surface area contributed by atoms with Crippen molar-refractivity contribution in [2.24, 2.45) is 0 Å². The Morgan fingerprint density at radius 3 is 1.86 bits per heavy atom. The summed E-state index contributed by atoms with van der Waals surface area (Å²) < 4.78 is 25.6. The highest BCUT2D eigenvalue weighted by molar-refractivity contribution is 7.91. The number of hydrogen-bond acceptors (Lipinski definition) is 4. The lowest BCUT2D eigenvalue weighted by atomic mass is 10.0. The van der Waals surface area contributed by atoms with Gasteiger partial charge in [0.25, 0.3) is 0 Å². The summed E-state index contributed by atoms with van der Waals surface area (Å²) in [4.78, 5) is -0.151. The zero-order chi connectivity index (χ0) is 16.8. The Labute approximate surface area is 131 Å². The fourth-order valence-electron chi connectivity index (χ4n) is 2.33. The normalized spacial score (nSPS) is 11.7. The van der Waals surface area contributed by atoms with Gasteiger partial charge in [0.1, 0.15) is 16.4 Å². The van der Waals surface area contributed by atoms with E-state index in [-0.39, 0.29) is 21.3 Å². The van der Waals surface area contributed by atoms with E-state index in [1.54, 1.807) is 27.7 Å². The minimum atomic E-state index is -3.90. The van der Waals surface area contributed by atoms with E-state index in [9.17, 15) is 18.6 Å². The summed E-state index contributed by atoms with van der Waals surface area (Å²) in [6.45, 7) is 8.79.